The summed E-state index contributed by atoms with van der Waals surface area (Å²) in [5.74, 6) is 0. The molecule has 0 aliphatic carbocycles. The van der Waals surface area contributed by atoms with E-state index in [1.807, 2.05) is 0 Å². The Morgan fingerprint density at radius 1 is 1.13 bits per heavy atom. The summed E-state index contributed by atoms with van der Waals surface area (Å²) in [7, 11) is 0. The molecule has 2 N–H and O–H groups in total. The van der Waals surface area contributed by atoms with E-state index in [9.17, 15) is 0 Å². The van der Waals surface area contributed by atoms with Crippen molar-refractivity contribution in [2.24, 2.45) is 0 Å². The number of nitrogens with zero attached hydrogens (tertiary/aromatic N) is 1. The van der Waals surface area contributed by atoms with E-state index in [0.717, 1.165) is 32.8 Å². The zero-order valence-electron chi connectivity index (χ0n) is 9.50. The lowest BCUT2D eigenvalue weighted by atomic mass is 10.1. The third kappa shape index (κ3) is 4.07. The lowest BCUT2D eigenvalue weighted by Gasteiger charge is -2.28. The molecular weight excluding hydrogens is 190 g/mol. The maximum Gasteiger partial charge on any atom is 0.0700 e. The fraction of sp³-hybridized carbons (Fsp3) is 1.00. The highest BCUT2D eigenvalue weighted by Crippen LogP contribution is 2.06. The van der Waals surface area contributed by atoms with Gasteiger partial charge < -0.3 is 20.3 Å². The van der Waals surface area contributed by atoms with Crippen molar-refractivity contribution >= 4 is 0 Å². The Hall–Kier alpha value is -0.160. The van der Waals surface area contributed by atoms with Crippen LogP contribution in [0.25, 0.3) is 0 Å². The van der Waals surface area contributed by atoms with Gasteiger partial charge in [-0.25, -0.2) is 0 Å². The molecule has 4 nitrogen and oxygen atoms in total. The van der Waals surface area contributed by atoms with Crippen LogP contribution in [0.3, 0.4) is 0 Å². The van der Waals surface area contributed by atoms with Crippen molar-refractivity contribution in [1.82, 2.24) is 15.5 Å². The Bertz CT molecular complexity index is 147. The minimum atomic E-state index is 0.460. The predicted molar refractivity (Wildman–Crippen MR) is 61.2 cm³/mol. The summed E-state index contributed by atoms with van der Waals surface area (Å²) in [5.41, 5.74) is 0. The Labute approximate surface area is 92.4 Å². The highest BCUT2D eigenvalue weighted by Gasteiger charge is 2.14. The van der Waals surface area contributed by atoms with Gasteiger partial charge in [0, 0.05) is 39.3 Å². The first kappa shape index (κ1) is 11.3. The molecular formula is C11H23N3O. The van der Waals surface area contributed by atoms with Crippen LogP contribution in [-0.2, 0) is 4.74 Å². The number of ether oxygens (including phenoxy) is 1. The predicted octanol–water partition coefficient (Wildman–Crippen LogP) is -0.340. The molecule has 0 aromatic rings. The number of hydrogen-bond acceptors (Lipinski definition) is 4. The number of rotatable bonds is 4. The van der Waals surface area contributed by atoms with Crippen LogP contribution < -0.4 is 10.6 Å². The number of nitrogens with one attached hydrogen (secondary N) is 2. The monoisotopic (exact) mass is 213 g/mol. The standard InChI is InChI=1S/C11H23N3O/c1(2-11-10-13-5-9-15-11)6-14-7-3-12-4-8-14/h11-13H,1-10H2. The highest BCUT2D eigenvalue weighted by atomic mass is 16.5. The van der Waals surface area contributed by atoms with E-state index in [1.54, 1.807) is 0 Å². The summed E-state index contributed by atoms with van der Waals surface area (Å²) in [6, 6.07) is 0. The third-order valence-electron chi connectivity index (χ3n) is 3.21. The van der Waals surface area contributed by atoms with E-state index >= 15 is 0 Å². The van der Waals surface area contributed by atoms with Crippen LogP contribution in [0, 0.1) is 0 Å². The first-order valence-electron chi connectivity index (χ1n) is 6.20. The first-order valence-corrected chi connectivity index (χ1v) is 6.20. The van der Waals surface area contributed by atoms with Gasteiger partial charge >= 0.3 is 0 Å². The molecule has 0 saturated carbocycles. The molecule has 2 heterocycles. The molecule has 2 aliphatic rings. The van der Waals surface area contributed by atoms with Crippen molar-refractivity contribution in [3.63, 3.8) is 0 Å². The van der Waals surface area contributed by atoms with Crippen molar-refractivity contribution < 1.29 is 4.74 Å². The van der Waals surface area contributed by atoms with E-state index in [-0.39, 0.29) is 0 Å². The van der Waals surface area contributed by atoms with E-state index in [0.29, 0.717) is 6.10 Å². The van der Waals surface area contributed by atoms with Gasteiger partial charge in [0.2, 0.25) is 0 Å². The van der Waals surface area contributed by atoms with Crippen LogP contribution in [0.5, 0.6) is 0 Å². The highest BCUT2D eigenvalue weighted by molar-refractivity contribution is 4.70. The van der Waals surface area contributed by atoms with Gasteiger partial charge in [-0.2, -0.15) is 0 Å². The molecule has 15 heavy (non-hydrogen) atoms. The Morgan fingerprint density at radius 3 is 2.73 bits per heavy atom. The largest absolute Gasteiger partial charge is 0.376 e. The molecule has 1 unspecified atom stereocenters. The molecule has 4 heteroatoms. The molecule has 0 aromatic heterocycles. The zero-order valence-corrected chi connectivity index (χ0v) is 9.50. The normalized spacial score (nSPS) is 29.2. The molecule has 0 radical (unpaired) electrons. The molecule has 0 aromatic carbocycles. The molecule has 0 amide bonds. The minimum Gasteiger partial charge on any atom is -0.376 e. The van der Waals surface area contributed by atoms with Crippen molar-refractivity contribution in [3.05, 3.63) is 0 Å². The van der Waals surface area contributed by atoms with Gasteiger partial charge in [0.25, 0.3) is 0 Å². The number of hydrogen-bond donors (Lipinski definition) is 2. The van der Waals surface area contributed by atoms with Gasteiger partial charge in [0.15, 0.2) is 0 Å². The molecule has 2 saturated heterocycles. The summed E-state index contributed by atoms with van der Waals surface area (Å²) in [6.45, 7) is 8.92. The minimum absolute atomic E-state index is 0.460. The van der Waals surface area contributed by atoms with E-state index in [4.69, 9.17) is 4.74 Å². The first-order chi connectivity index (χ1) is 7.45. The van der Waals surface area contributed by atoms with Crippen LogP contribution in [0.1, 0.15) is 12.8 Å². The molecule has 0 spiro atoms. The average Bonchev–Trinajstić information content (AvgIpc) is 2.32. The van der Waals surface area contributed by atoms with E-state index < -0.39 is 0 Å². The average molecular weight is 213 g/mol. The van der Waals surface area contributed by atoms with Gasteiger partial charge in [0.1, 0.15) is 0 Å². The van der Waals surface area contributed by atoms with E-state index in [1.165, 1.54) is 32.5 Å². The van der Waals surface area contributed by atoms with Gasteiger partial charge in [-0.1, -0.05) is 0 Å². The molecule has 2 rings (SSSR count). The van der Waals surface area contributed by atoms with Crippen molar-refractivity contribution in [2.45, 2.75) is 18.9 Å². The van der Waals surface area contributed by atoms with E-state index in [2.05, 4.69) is 15.5 Å². The van der Waals surface area contributed by atoms with Crippen LogP contribution in [0.15, 0.2) is 0 Å². The summed E-state index contributed by atoms with van der Waals surface area (Å²) in [6.07, 6.45) is 2.94. The van der Waals surface area contributed by atoms with Crippen LogP contribution in [0.4, 0.5) is 0 Å². The maximum absolute atomic E-state index is 5.67. The summed E-state index contributed by atoms with van der Waals surface area (Å²) in [5, 5.41) is 6.75. The second kappa shape index (κ2) is 6.43. The maximum atomic E-state index is 5.67. The van der Waals surface area contributed by atoms with Crippen LogP contribution >= 0.6 is 0 Å². The molecule has 2 fully saturated rings. The number of morpholine rings is 1. The number of piperazine rings is 1. The second-order valence-corrected chi connectivity index (χ2v) is 4.43. The second-order valence-electron chi connectivity index (χ2n) is 4.43. The van der Waals surface area contributed by atoms with Crippen LogP contribution in [-0.4, -0.2) is 63.4 Å². The van der Waals surface area contributed by atoms with Crippen molar-refractivity contribution in [2.75, 3.05) is 52.4 Å². The SMILES string of the molecule is C(CC1CNCCO1)CN1CCNCC1. The summed E-state index contributed by atoms with van der Waals surface area (Å²) in [4.78, 5) is 2.55. The Balaban J connectivity index is 1.53. The van der Waals surface area contributed by atoms with Gasteiger partial charge in [0.05, 0.1) is 12.7 Å². The molecule has 88 valence electrons. The Kier molecular flexibility index (Phi) is 4.86. The summed E-state index contributed by atoms with van der Waals surface area (Å²) >= 11 is 0. The van der Waals surface area contributed by atoms with Gasteiger partial charge in [-0.05, 0) is 19.4 Å². The quantitative estimate of drug-likeness (QED) is 0.670. The fourth-order valence-electron chi connectivity index (χ4n) is 2.28. The lowest BCUT2D eigenvalue weighted by Crippen LogP contribution is -2.44. The summed E-state index contributed by atoms with van der Waals surface area (Å²) < 4.78 is 5.67. The van der Waals surface area contributed by atoms with Crippen LogP contribution in [0.2, 0.25) is 0 Å². The topological polar surface area (TPSA) is 36.5 Å². The Morgan fingerprint density at radius 2 is 2.00 bits per heavy atom. The lowest BCUT2D eigenvalue weighted by molar-refractivity contribution is 0.0206. The molecule has 0 bridgehead atoms. The van der Waals surface area contributed by atoms with Gasteiger partial charge in [-0.3, -0.25) is 0 Å². The van der Waals surface area contributed by atoms with Gasteiger partial charge in [-0.15, -0.1) is 0 Å². The zero-order chi connectivity index (χ0) is 10.3. The van der Waals surface area contributed by atoms with Crippen molar-refractivity contribution in [1.29, 1.82) is 0 Å². The molecule has 2 aliphatic heterocycles. The smallest absolute Gasteiger partial charge is 0.0700 e. The fourth-order valence-corrected chi connectivity index (χ4v) is 2.28. The van der Waals surface area contributed by atoms with Crippen molar-refractivity contribution in [3.8, 4) is 0 Å². The third-order valence-corrected chi connectivity index (χ3v) is 3.21. The molecule has 1 atom stereocenters.